The zero-order valence-corrected chi connectivity index (χ0v) is 13.0. The first kappa shape index (κ1) is 15.1. The van der Waals surface area contributed by atoms with Gasteiger partial charge in [0.05, 0.1) is 27.6 Å². The van der Waals surface area contributed by atoms with Crippen LogP contribution in [0.2, 0.25) is 0 Å². The number of nitrogen functional groups attached to an aromatic ring is 1. The van der Waals surface area contributed by atoms with Gasteiger partial charge in [0.1, 0.15) is 5.82 Å². The lowest BCUT2D eigenvalue weighted by Gasteiger charge is -2.13. The van der Waals surface area contributed by atoms with Crippen molar-refractivity contribution in [1.82, 2.24) is 4.98 Å². The van der Waals surface area contributed by atoms with Crippen molar-refractivity contribution in [3.05, 3.63) is 45.0 Å². The lowest BCUT2D eigenvalue weighted by molar-refractivity contribution is -0.137. The number of aromatic nitrogens is 1. The molecule has 0 unspecified atom stereocenters. The quantitative estimate of drug-likeness (QED) is 0.736. The smallest absolute Gasteiger partial charge is 0.397 e. The van der Waals surface area contributed by atoms with Crippen LogP contribution < -0.4 is 11.1 Å². The highest BCUT2D eigenvalue weighted by Gasteiger charge is 2.31. The third-order valence-electron chi connectivity index (χ3n) is 2.41. The largest absolute Gasteiger partial charge is 0.416 e. The van der Waals surface area contributed by atoms with Crippen LogP contribution in [-0.4, -0.2) is 4.98 Å². The van der Waals surface area contributed by atoms with Crippen molar-refractivity contribution < 1.29 is 13.2 Å². The Hall–Kier alpha value is -1.28. The number of hydrogen-bond acceptors (Lipinski definition) is 3. The molecule has 8 heteroatoms. The lowest BCUT2D eigenvalue weighted by Crippen LogP contribution is -2.06. The lowest BCUT2D eigenvalue weighted by atomic mass is 10.2. The molecule has 3 N–H and O–H groups in total. The molecule has 1 aromatic heterocycles. The van der Waals surface area contributed by atoms with Crippen LogP contribution >= 0.6 is 31.9 Å². The van der Waals surface area contributed by atoms with E-state index in [1.54, 1.807) is 6.07 Å². The van der Waals surface area contributed by atoms with Crippen molar-refractivity contribution in [2.24, 2.45) is 0 Å². The molecule has 0 bridgehead atoms. The van der Waals surface area contributed by atoms with Gasteiger partial charge in [-0.2, -0.15) is 13.2 Å². The topological polar surface area (TPSA) is 50.9 Å². The predicted molar refractivity (Wildman–Crippen MR) is 78.8 cm³/mol. The average Bonchev–Trinajstić information content (AvgIpc) is 2.33. The summed E-state index contributed by atoms with van der Waals surface area (Å²) in [4.78, 5) is 4.02. The molecule has 0 radical (unpaired) electrons. The van der Waals surface area contributed by atoms with Gasteiger partial charge in [0, 0.05) is 4.47 Å². The van der Waals surface area contributed by atoms with Gasteiger partial charge in [-0.3, -0.25) is 0 Å². The van der Waals surface area contributed by atoms with Gasteiger partial charge >= 0.3 is 6.18 Å². The van der Waals surface area contributed by atoms with Crippen molar-refractivity contribution >= 4 is 49.1 Å². The van der Waals surface area contributed by atoms with Gasteiger partial charge in [-0.05, 0) is 56.1 Å². The number of alkyl halides is 3. The van der Waals surface area contributed by atoms with Gasteiger partial charge in [0.25, 0.3) is 0 Å². The second-order valence-electron chi connectivity index (χ2n) is 3.92. The minimum atomic E-state index is -4.40. The van der Waals surface area contributed by atoms with Crippen LogP contribution in [0.25, 0.3) is 0 Å². The molecule has 0 amide bonds. The van der Waals surface area contributed by atoms with E-state index in [9.17, 15) is 13.2 Å². The monoisotopic (exact) mass is 409 g/mol. The van der Waals surface area contributed by atoms with Crippen molar-refractivity contribution in [2.75, 3.05) is 11.1 Å². The van der Waals surface area contributed by atoms with E-state index in [4.69, 9.17) is 5.73 Å². The van der Waals surface area contributed by atoms with Gasteiger partial charge in [-0.25, -0.2) is 4.98 Å². The van der Waals surface area contributed by atoms with Gasteiger partial charge in [-0.1, -0.05) is 0 Å². The Morgan fingerprint density at radius 1 is 1.10 bits per heavy atom. The Kier molecular flexibility index (Phi) is 4.24. The molecular weight excluding hydrogens is 403 g/mol. The molecule has 1 heterocycles. The Balaban J connectivity index is 2.38. The number of nitrogens with zero attached hydrogens (tertiary/aromatic N) is 1. The van der Waals surface area contributed by atoms with E-state index < -0.39 is 11.7 Å². The molecule has 2 aromatic rings. The first-order valence-electron chi connectivity index (χ1n) is 5.32. The second-order valence-corrected chi connectivity index (χ2v) is 5.63. The number of nitrogens with two attached hydrogens (primary N) is 1. The number of hydrogen-bond donors (Lipinski definition) is 2. The van der Waals surface area contributed by atoms with Gasteiger partial charge in [0.2, 0.25) is 0 Å². The minimum absolute atomic E-state index is 0.262. The summed E-state index contributed by atoms with van der Waals surface area (Å²) < 4.78 is 39.1. The number of anilines is 3. The zero-order valence-electron chi connectivity index (χ0n) is 9.80. The summed E-state index contributed by atoms with van der Waals surface area (Å²) >= 11 is 6.44. The summed E-state index contributed by atoms with van der Waals surface area (Å²) in [5.41, 5.74) is 5.52. The number of rotatable bonds is 2. The van der Waals surface area contributed by atoms with Crippen molar-refractivity contribution in [1.29, 1.82) is 0 Å². The second kappa shape index (κ2) is 5.61. The molecule has 0 fully saturated rings. The van der Waals surface area contributed by atoms with E-state index in [0.29, 0.717) is 20.5 Å². The highest BCUT2D eigenvalue weighted by atomic mass is 79.9. The molecule has 0 spiro atoms. The fraction of sp³-hybridized carbons (Fsp3) is 0.0833. The molecule has 3 nitrogen and oxygen atoms in total. The third kappa shape index (κ3) is 3.43. The van der Waals surface area contributed by atoms with E-state index in [1.807, 2.05) is 0 Å². The average molecular weight is 411 g/mol. The number of benzene rings is 1. The molecule has 0 aliphatic carbocycles. The first-order valence-corrected chi connectivity index (χ1v) is 6.91. The van der Waals surface area contributed by atoms with Crippen LogP contribution in [0.15, 0.2) is 39.4 Å². The fourth-order valence-electron chi connectivity index (χ4n) is 1.47. The summed E-state index contributed by atoms with van der Waals surface area (Å²) in [5.74, 6) is 0.374. The highest BCUT2D eigenvalue weighted by molar-refractivity contribution is 9.11. The maximum absolute atomic E-state index is 12.7. The molecular formula is C12H8Br2F3N3. The van der Waals surface area contributed by atoms with Gasteiger partial charge < -0.3 is 11.1 Å². The van der Waals surface area contributed by atoms with E-state index in [1.165, 1.54) is 12.3 Å². The first-order chi connectivity index (χ1) is 9.27. The molecule has 20 heavy (non-hydrogen) atoms. The van der Waals surface area contributed by atoms with Gasteiger partial charge in [0.15, 0.2) is 0 Å². The molecule has 0 saturated carbocycles. The molecule has 0 atom stereocenters. The van der Waals surface area contributed by atoms with E-state index in [0.717, 1.165) is 12.1 Å². The fourth-order valence-corrected chi connectivity index (χ4v) is 2.28. The number of nitrogens with one attached hydrogen (secondary N) is 1. The van der Waals surface area contributed by atoms with Crippen molar-refractivity contribution in [2.45, 2.75) is 6.18 Å². The zero-order chi connectivity index (χ0) is 14.9. The van der Waals surface area contributed by atoms with Gasteiger partial charge in [-0.15, -0.1) is 0 Å². The minimum Gasteiger partial charge on any atom is -0.397 e. The van der Waals surface area contributed by atoms with E-state index in [-0.39, 0.29) is 5.69 Å². The Morgan fingerprint density at radius 2 is 1.80 bits per heavy atom. The van der Waals surface area contributed by atoms with E-state index >= 15 is 0 Å². The molecule has 0 aliphatic heterocycles. The Morgan fingerprint density at radius 3 is 2.40 bits per heavy atom. The predicted octanol–water partition coefficient (Wildman–Crippen LogP) is 4.95. The molecule has 1 aromatic carbocycles. The van der Waals surface area contributed by atoms with Crippen LogP contribution in [0.4, 0.5) is 30.4 Å². The molecule has 106 valence electrons. The molecule has 0 saturated heterocycles. The van der Waals surface area contributed by atoms with Crippen LogP contribution in [0.3, 0.4) is 0 Å². The number of halogens is 5. The van der Waals surface area contributed by atoms with Crippen LogP contribution in [0.5, 0.6) is 0 Å². The maximum atomic E-state index is 12.7. The summed E-state index contributed by atoms with van der Waals surface area (Å²) in [6, 6.07) is 4.95. The number of pyridine rings is 1. The standard InChI is InChI=1S/C12H8Br2F3N3/c13-8-2-1-6(12(15,16)17)3-10(8)20-11-9(14)4-7(18)5-19-11/h1-5H,18H2,(H,19,20). The maximum Gasteiger partial charge on any atom is 0.416 e. The van der Waals surface area contributed by atoms with Crippen molar-refractivity contribution in [3.63, 3.8) is 0 Å². The van der Waals surface area contributed by atoms with Crippen LogP contribution in [0, 0.1) is 0 Å². The highest BCUT2D eigenvalue weighted by Crippen LogP contribution is 2.35. The van der Waals surface area contributed by atoms with Crippen LogP contribution in [-0.2, 0) is 6.18 Å². The van der Waals surface area contributed by atoms with Crippen molar-refractivity contribution in [3.8, 4) is 0 Å². The molecule has 2 rings (SSSR count). The Labute approximate surface area is 129 Å². The summed E-state index contributed by atoms with van der Waals surface area (Å²) in [7, 11) is 0. The summed E-state index contributed by atoms with van der Waals surface area (Å²) in [6.45, 7) is 0. The molecule has 0 aliphatic rings. The van der Waals surface area contributed by atoms with E-state index in [2.05, 4.69) is 42.2 Å². The SMILES string of the molecule is Nc1cnc(Nc2cc(C(F)(F)F)ccc2Br)c(Br)c1. The van der Waals surface area contributed by atoms with Crippen LogP contribution in [0.1, 0.15) is 5.56 Å². The summed E-state index contributed by atoms with van der Waals surface area (Å²) in [6.07, 6.45) is -2.99. The third-order valence-corrected chi connectivity index (χ3v) is 3.71. The summed E-state index contributed by atoms with van der Waals surface area (Å²) in [5, 5.41) is 2.82. The Bertz CT molecular complexity index is 644. The normalized spacial score (nSPS) is 11.4.